The number of benzene rings is 2. The zero-order chi connectivity index (χ0) is 22.2. The van der Waals surface area contributed by atoms with E-state index in [9.17, 15) is 13.2 Å². The molecule has 6 nitrogen and oxygen atoms in total. The highest BCUT2D eigenvalue weighted by Gasteiger charge is 2.22. The van der Waals surface area contributed by atoms with Gasteiger partial charge in [0, 0.05) is 29.3 Å². The van der Waals surface area contributed by atoms with Gasteiger partial charge in [-0.2, -0.15) is 0 Å². The van der Waals surface area contributed by atoms with Crippen molar-refractivity contribution in [2.24, 2.45) is 0 Å². The first kappa shape index (κ1) is 21.2. The monoisotopic (exact) mass is 453 g/mol. The molecule has 2 heterocycles. The molecule has 31 heavy (non-hydrogen) atoms. The molecule has 158 valence electrons. The van der Waals surface area contributed by atoms with Crippen molar-refractivity contribution in [1.29, 1.82) is 0 Å². The molecule has 8 heteroatoms. The van der Waals surface area contributed by atoms with E-state index in [0.717, 1.165) is 16.8 Å². The van der Waals surface area contributed by atoms with Gasteiger partial charge in [-0.05, 0) is 54.6 Å². The Labute approximate surface area is 186 Å². The lowest BCUT2D eigenvalue weighted by Crippen LogP contribution is -2.29. The molecule has 0 unspecified atom stereocenters. The number of halogens is 1. The van der Waals surface area contributed by atoms with E-state index >= 15 is 0 Å². The van der Waals surface area contributed by atoms with E-state index in [2.05, 4.69) is 9.71 Å². The van der Waals surface area contributed by atoms with E-state index in [4.69, 9.17) is 11.6 Å². The fraction of sp³-hybridized carbons (Fsp3) is 0.130. The van der Waals surface area contributed by atoms with Crippen molar-refractivity contribution in [3.63, 3.8) is 0 Å². The fourth-order valence-electron chi connectivity index (χ4n) is 3.60. The zero-order valence-corrected chi connectivity index (χ0v) is 18.5. The van der Waals surface area contributed by atoms with Crippen LogP contribution < -0.4 is 9.62 Å². The van der Waals surface area contributed by atoms with Gasteiger partial charge in [-0.25, -0.2) is 13.1 Å². The van der Waals surface area contributed by atoms with Crippen LogP contribution in [-0.2, 0) is 21.4 Å². The number of rotatable bonds is 3. The third kappa shape index (κ3) is 4.12. The lowest BCUT2D eigenvalue weighted by Gasteiger charge is -2.26. The van der Waals surface area contributed by atoms with Gasteiger partial charge in [0.15, 0.2) is 0 Å². The lowest BCUT2D eigenvalue weighted by atomic mass is 10.0. The number of nitrogens with one attached hydrogen (secondary N) is 1. The summed E-state index contributed by atoms with van der Waals surface area (Å²) in [6.45, 7) is 1.81. The van der Waals surface area contributed by atoms with Crippen LogP contribution in [0.4, 0.5) is 5.69 Å². The zero-order valence-electron chi connectivity index (χ0n) is 17.0. The van der Waals surface area contributed by atoms with Gasteiger partial charge in [-0.15, -0.1) is 0 Å². The number of carbonyl (C=O) groups is 1. The number of pyridine rings is 1. The van der Waals surface area contributed by atoms with Gasteiger partial charge in [0.2, 0.25) is 15.9 Å². The molecule has 0 saturated carbocycles. The molecule has 0 radical (unpaired) electrons. The highest BCUT2D eigenvalue weighted by atomic mass is 35.5. The molecule has 1 N–H and O–H groups in total. The summed E-state index contributed by atoms with van der Waals surface area (Å²) in [4.78, 5) is 18.9. The largest absolute Gasteiger partial charge is 0.308 e. The number of hydrogen-bond donors (Lipinski definition) is 1. The molecule has 1 aliphatic heterocycles. The van der Waals surface area contributed by atoms with Gasteiger partial charge in [0.1, 0.15) is 0 Å². The first-order valence-electron chi connectivity index (χ1n) is 9.58. The normalized spacial score (nSPS) is 14.2. The maximum atomic E-state index is 12.5. The first-order chi connectivity index (χ1) is 14.8. The fourth-order valence-corrected chi connectivity index (χ4v) is 4.74. The number of carbonyl (C=O) groups excluding carboxylic acids is 1. The van der Waals surface area contributed by atoms with Gasteiger partial charge in [0.25, 0.3) is 0 Å². The van der Waals surface area contributed by atoms with E-state index in [-0.39, 0.29) is 10.8 Å². The summed E-state index contributed by atoms with van der Waals surface area (Å²) < 4.78 is 27.3. The van der Waals surface area contributed by atoms with Crippen molar-refractivity contribution >= 4 is 45.4 Å². The third-order valence-corrected chi connectivity index (χ3v) is 6.88. The summed E-state index contributed by atoms with van der Waals surface area (Å²) in [6.07, 6.45) is 5.40. The number of aromatic nitrogens is 1. The molecule has 3 aromatic rings. The molecule has 1 aliphatic rings. The molecule has 0 saturated heterocycles. The smallest absolute Gasteiger partial charge is 0.240 e. The van der Waals surface area contributed by atoms with Crippen molar-refractivity contribution < 1.29 is 13.2 Å². The average Bonchev–Trinajstić information content (AvgIpc) is 2.75. The Morgan fingerprint density at radius 2 is 1.90 bits per heavy atom. The van der Waals surface area contributed by atoms with Crippen LogP contribution in [0, 0.1) is 0 Å². The molecule has 1 amide bonds. The minimum Gasteiger partial charge on any atom is -0.308 e. The van der Waals surface area contributed by atoms with E-state index in [1.807, 2.05) is 30.4 Å². The van der Waals surface area contributed by atoms with Gasteiger partial charge >= 0.3 is 0 Å². The van der Waals surface area contributed by atoms with Crippen LogP contribution in [-0.4, -0.2) is 26.4 Å². The summed E-state index contributed by atoms with van der Waals surface area (Å²) in [5.41, 5.74) is 4.28. The molecule has 0 bridgehead atoms. The molecule has 4 rings (SSSR count). The Morgan fingerprint density at radius 1 is 1.13 bits per heavy atom. The van der Waals surface area contributed by atoms with Gasteiger partial charge in [0.05, 0.1) is 22.8 Å². The average molecular weight is 454 g/mol. The molecule has 2 aromatic carbocycles. The van der Waals surface area contributed by atoms with Crippen LogP contribution >= 0.6 is 11.6 Å². The number of fused-ring (bicyclic) bond motifs is 2. The number of anilines is 1. The number of amides is 1. The standard InChI is InChI=1S/C23H20ClN3O3S/c1-15(28)27-14-18-11-17(20-5-3-4-6-23(20)31(29,30)25-2)13-26-21(18)9-7-16-12-19(24)8-10-22(16)27/h3-13,25H,14H2,1-2H3/b9-7-. The Hall–Kier alpha value is -3.00. The molecule has 1 aromatic heterocycles. The maximum Gasteiger partial charge on any atom is 0.240 e. The number of hydrogen-bond acceptors (Lipinski definition) is 4. The predicted octanol–water partition coefficient (Wildman–Crippen LogP) is 4.35. The highest BCUT2D eigenvalue weighted by molar-refractivity contribution is 7.89. The lowest BCUT2D eigenvalue weighted by molar-refractivity contribution is -0.116. The Balaban J connectivity index is 1.87. The van der Waals surface area contributed by atoms with Crippen LogP contribution in [0.15, 0.2) is 59.6 Å². The molecule has 0 atom stereocenters. The second-order valence-corrected chi connectivity index (χ2v) is 9.41. The summed E-state index contributed by atoms with van der Waals surface area (Å²) >= 11 is 6.14. The quantitative estimate of drug-likeness (QED) is 0.639. The molecular weight excluding hydrogens is 434 g/mol. The number of sulfonamides is 1. The van der Waals surface area contributed by atoms with Gasteiger partial charge in [-0.1, -0.05) is 35.9 Å². The van der Waals surface area contributed by atoms with Crippen molar-refractivity contribution in [3.05, 3.63) is 76.6 Å². The van der Waals surface area contributed by atoms with Gasteiger partial charge < -0.3 is 4.90 Å². The van der Waals surface area contributed by atoms with E-state index in [1.54, 1.807) is 41.4 Å². The van der Waals surface area contributed by atoms with Crippen molar-refractivity contribution in [1.82, 2.24) is 9.71 Å². The van der Waals surface area contributed by atoms with Crippen LogP contribution in [0.2, 0.25) is 5.02 Å². The van der Waals surface area contributed by atoms with E-state index < -0.39 is 10.0 Å². The van der Waals surface area contributed by atoms with Crippen molar-refractivity contribution in [2.75, 3.05) is 11.9 Å². The van der Waals surface area contributed by atoms with Crippen LogP contribution in [0.5, 0.6) is 0 Å². The van der Waals surface area contributed by atoms with Crippen LogP contribution in [0.1, 0.15) is 23.7 Å². The SMILES string of the molecule is CNS(=O)(=O)c1ccccc1-c1cnc2c(c1)CN(C(C)=O)c1ccc(Cl)cc1/C=C\2. The van der Waals surface area contributed by atoms with E-state index in [1.165, 1.54) is 14.0 Å². The Bertz CT molecular complexity index is 1320. The molecule has 0 spiro atoms. The molecule has 0 aliphatic carbocycles. The van der Waals surface area contributed by atoms with Crippen LogP contribution in [0.3, 0.4) is 0 Å². The number of nitrogens with zero attached hydrogens (tertiary/aromatic N) is 2. The summed E-state index contributed by atoms with van der Waals surface area (Å²) in [5, 5.41) is 0.582. The first-order valence-corrected chi connectivity index (χ1v) is 11.4. The van der Waals surface area contributed by atoms with Crippen molar-refractivity contribution in [3.8, 4) is 11.1 Å². The summed E-state index contributed by atoms with van der Waals surface area (Å²) in [6, 6.07) is 14.0. The van der Waals surface area contributed by atoms with Gasteiger partial charge in [-0.3, -0.25) is 9.78 Å². The Morgan fingerprint density at radius 3 is 2.65 bits per heavy atom. The maximum absolute atomic E-state index is 12.5. The second kappa shape index (κ2) is 8.26. The molecular formula is C23H20ClN3O3S. The van der Waals surface area contributed by atoms with Crippen LogP contribution in [0.25, 0.3) is 23.3 Å². The second-order valence-electron chi connectivity index (χ2n) is 7.11. The summed E-state index contributed by atoms with van der Waals surface area (Å²) in [7, 11) is -2.27. The topological polar surface area (TPSA) is 79.4 Å². The van der Waals surface area contributed by atoms with Crippen molar-refractivity contribution in [2.45, 2.75) is 18.4 Å². The summed E-state index contributed by atoms with van der Waals surface area (Å²) in [5.74, 6) is -0.117. The third-order valence-electron chi connectivity index (χ3n) is 5.17. The molecule has 0 fully saturated rings. The minimum absolute atomic E-state index is 0.117. The predicted molar refractivity (Wildman–Crippen MR) is 123 cm³/mol. The van der Waals surface area contributed by atoms with E-state index in [0.29, 0.717) is 28.4 Å². The Kier molecular flexibility index (Phi) is 5.66. The minimum atomic E-state index is -3.65. The highest BCUT2D eigenvalue weighted by Crippen LogP contribution is 2.33.